The van der Waals surface area contributed by atoms with Crippen LogP contribution in [0.1, 0.15) is 345 Å². The minimum atomic E-state index is 0.890. The Morgan fingerprint density at radius 3 is 1.10 bits per heavy atom. The van der Waals surface area contributed by atoms with E-state index in [1.165, 1.54) is 269 Å². The van der Waals surface area contributed by atoms with Crippen LogP contribution in [0.4, 0.5) is 0 Å². The number of unbranched alkanes of at least 4 members (excludes halogenated alkanes) is 34. The van der Waals surface area contributed by atoms with Gasteiger partial charge in [-0.2, -0.15) is 0 Å². The lowest BCUT2D eigenvalue weighted by molar-refractivity contribution is 0.00739. The summed E-state index contributed by atoms with van der Waals surface area (Å²) in [5.74, 6) is 3.22. The van der Waals surface area contributed by atoms with Crippen molar-refractivity contribution in [3.63, 3.8) is 0 Å². The van der Waals surface area contributed by atoms with Gasteiger partial charge < -0.3 is 5.53 Å². The maximum absolute atomic E-state index is 10.3. The van der Waals surface area contributed by atoms with Gasteiger partial charge in [-0.05, 0) is 140 Å². The number of allylic oxidation sites excluding steroid dienone is 4. The third kappa shape index (κ3) is 32.9. The van der Waals surface area contributed by atoms with E-state index in [9.17, 15) is 5.53 Å². The summed E-state index contributed by atoms with van der Waals surface area (Å²) < 4.78 is 0. The largest absolute Gasteiger partial charge is 0.348 e. The highest BCUT2D eigenvalue weighted by molar-refractivity contribution is 5.88. The predicted octanol–water partition coefficient (Wildman–Crippen LogP) is 23.9. The summed E-state index contributed by atoms with van der Waals surface area (Å²) in [5, 5.41) is 0. The Hall–Kier alpha value is -3.18. The maximum Gasteiger partial charge on any atom is 0.303 e. The lowest BCUT2D eigenvalue weighted by Gasteiger charge is -2.20. The van der Waals surface area contributed by atoms with Gasteiger partial charge in [-0.1, -0.05) is 290 Å². The first-order valence-corrected chi connectivity index (χ1v) is 31.9. The van der Waals surface area contributed by atoms with Crippen molar-refractivity contribution in [2.45, 2.75) is 324 Å². The fourth-order valence-electron chi connectivity index (χ4n) is 10.7. The standard InChI is InChI=1S/C70H116N2/c1-7-13-19-22-25-27-29-31-33-35-37-39-41-43-46-51-64-56-65(52-47-44-42-40-38-36-34-32-30-28-26-23-20-14-8-2)60-68(59-64)70(67-57-62(49-16-10-4)55-63(58-67)50-17-11-5)69(54-18-12-6)66(61-72-71)53-48-45-24-21-15-9-3/h46-47,51-52,55-60H,7-45,48-50,53-54H2,1-6H3. The minimum absolute atomic E-state index is 0.890. The molecule has 72 heavy (non-hydrogen) atoms. The molecule has 0 spiro atoms. The lowest BCUT2D eigenvalue weighted by atomic mass is 9.83. The molecule has 0 radical (unpaired) electrons. The van der Waals surface area contributed by atoms with Crippen molar-refractivity contribution in [3.05, 3.63) is 98.6 Å². The van der Waals surface area contributed by atoms with Crippen LogP contribution in [0.15, 0.2) is 59.7 Å². The van der Waals surface area contributed by atoms with Crippen LogP contribution in [0.25, 0.3) is 23.3 Å². The molecule has 2 rings (SSSR count). The second-order valence-electron chi connectivity index (χ2n) is 22.2. The summed E-state index contributed by atoms with van der Waals surface area (Å²) in [5.41, 5.74) is 22.1. The van der Waals surface area contributed by atoms with Crippen LogP contribution in [-0.2, 0) is 12.8 Å². The smallest absolute Gasteiger partial charge is 0.303 e. The zero-order chi connectivity index (χ0) is 51.8. The first-order valence-electron chi connectivity index (χ1n) is 31.9. The van der Waals surface area contributed by atoms with Gasteiger partial charge in [0.15, 0.2) is 0 Å². The van der Waals surface area contributed by atoms with Gasteiger partial charge >= 0.3 is 5.87 Å². The summed E-state index contributed by atoms with van der Waals surface area (Å²) in [6.45, 7) is 13.9. The van der Waals surface area contributed by atoms with E-state index < -0.39 is 0 Å². The zero-order valence-corrected chi connectivity index (χ0v) is 48.8. The molecular formula is C70H116N2. The van der Waals surface area contributed by atoms with Crippen LogP contribution in [0.5, 0.6) is 0 Å². The molecule has 0 aliphatic carbocycles. The average molecular weight is 986 g/mol. The highest BCUT2D eigenvalue weighted by Crippen LogP contribution is 2.37. The summed E-state index contributed by atoms with van der Waals surface area (Å²) >= 11 is 0. The summed E-state index contributed by atoms with van der Waals surface area (Å²) in [6.07, 6.45) is 66.7. The average Bonchev–Trinajstić information content (AvgIpc) is 3.39. The molecule has 2 aromatic carbocycles. The molecule has 0 heterocycles. The number of nitrogens with zero attached hydrogens (tertiary/aromatic N) is 2. The molecule has 0 unspecified atom stereocenters. The van der Waals surface area contributed by atoms with E-state index in [-0.39, 0.29) is 0 Å². The third-order valence-corrected chi connectivity index (χ3v) is 15.2. The van der Waals surface area contributed by atoms with Crippen LogP contribution in [0.2, 0.25) is 0 Å². The van der Waals surface area contributed by atoms with Crippen molar-refractivity contribution < 1.29 is 4.79 Å². The monoisotopic (exact) mass is 985 g/mol. The minimum Gasteiger partial charge on any atom is -0.348 e. The fraction of sp³-hybridized carbons (Fsp3) is 0.714. The number of hydrogen-bond donors (Lipinski definition) is 0. The van der Waals surface area contributed by atoms with Crippen LogP contribution >= 0.6 is 0 Å². The molecule has 0 bridgehead atoms. The second kappa shape index (κ2) is 47.5. The summed E-state index contributed by atoms with van der Waals surface area (Å²) in [6, 6.07) is 14.9. The Balaban J connectivity index is 2.49. The van der Waals surface area contributed by atoms with Gasteiger partial charge in [-0.15, -0.1) is 4.79 Å². The Labute approximate surface area is 448 Å². The van der Waals surface area contributed by atoms with Gasteiger partial charge in [-0.25, -0.2) is 0 Å². The van der Waals surface area contributed by atoms with E-state index in [0.717, 1.165) is 63.4 Å². The normalized spacial score (nSPS) is 12.0. The molecule has 406 valence electrons. The topological polar surface area (TPSA) is 36.4 Å². The van der Waals surface area contributed by atoms with E-state index in [2.05, 4.69) is 113 Å². The Morgan fingerprint density at radius 2 is 0.722 bits per heavy atom. The first kappa shape index (κ1) is 64.9. The van der Waals surface area contributed by atoms with Gasteiger partial charge in [-0.3, -0.25) is 0 Å². The van der Waals surface area contributed by atoms with Gasteiger partial charge in [0, 0.05) is 0 Å². The maximum atomic E-state index is 10.3. The Kier molecular flexibility index (Phi) is 42.9. The van der Waals surface area contributed by atoms with Crippen molar-refractivity contribution in [1.29, 1.82) is 0 Å². The molecule has 0 fully saturated rings. The van der Waals surface area contributed by atoms with E-state index >= 15 is 0 Å². The number of rotatable bonds is 49. The molecule has 0 aliphatic rings. The molecule has 0 saturated heterocycles. The van der Waals surface area contributed by atoms with Crippen molar-refractivity contribution >= 4 is 23.6 Å². The van der Waals surface area contributed by atoms with Gasteiger partial charge in [0.05, 0.1) is 5.57 Å². The zero-order valence-electron chi connectivity index (χ0n) is 48.8. The van der Waals surface area contributed by atoms with Crippen LogP contribution in [0.3, 0.4) is 0 Å². The molecule has 2 nitrogen and oxygen atoms in total. The highest BCUT2D eigenvalue weighted by Gasteiger charge is 2.20. The predicted molar refractivity (Wildman–Crippen MR) is 324 cm³/mol. The number of hydrogen-bond acceptors (Lipinski definition) is 0. The Bertz CT molecular complexity index is 1690. The molecular weight excluding hydrogens is 869 g/mol. The highest BCUT2D eigenvalue weighted by atomic mass is 14.8. The van der Waals surface area contributed by atoms with Crippen LogP contribution in [0, 0.1) is 0 Å². The lowest BCUT2D eigenvalue weighted by Crippen LogP contribution is -2.03. The molecule has 0 atom stereocenters. The SMILES string of the molecule is CCCCCCCCCCCCCCCC=Cc1cc(C=CCCCCCCCCCCCCCCC)cc(C(=C(CCCC)C(=C=[N+]=[N-])CCCCCCCC)c2cc(CCCC)cc(CCCC)c2)c1. The number of aryl methyl sites for hydroxylation is 2. The van der Waals surface area contributed by atoms with Crippen molar-refractivity contribution in [2.24, 2.45) is 0 Å². The van der Waals surface area contributed by atoms with E-state index in [1.807, 2.05) is 0 Å². The molecule has 0 amide bonds. The molecule has 2 heteroatoms. The Morgan fingerprint density at radius 1 is 0.375 bits per heavy atom. The van der Waals surface area contributed by atoms with E-state index in [1.54, 1.807) is 0 Å². The third-order valence-electron chi connectivity index (χ3n) is 15.2. The van der Waals surface area contributed by atoms with Gasteiger partial charge in [0.1, 0.15) is 0 Å². The first-order chi connectivity index (χ1) is 35.5. The van der Waals surface area contributed by atoms with Gasteiger partial charge in [0.2, 0.25) is 0 Å². The van der Waals surface area contributed by atoms with E-state index in [0.29, 0.717) is 0 Å². The molecule has 0 aromatic heterocycles. The van der Waals surface area contributed by atoms with Crippen molar-refractivity contribution in [3.8, 4) is 0 Å². The van der Waals surface area contributed by atoms with E-state index in [4.69, 9.17) is 0 Å². The summed E-state index contributed by atoms with van der Waals surface area (Å²) in [4.78, 5) is 3.68. The van der Waals surface area contributed by atoms with Gasteiger partial charge in [0.25, 0.3) is 0 Å². The molecule has 0 saturated carbocycles. The number of benzene rings is 2. The molecule has 0 aliphatic heterocycles. The second-order valence-corrected chi connectivity index (χ2v) is 22.2. The molecule has 0 N–H and O–H groups in total. The van der Waals surface area contributed by atoms with Crippen molar-refractivity contribution in [2.75, 3.05) is 0 Å². The fourth-order valence-corrected chi connectivity index (χ4v) is 10.7. The summed E-state index contributed by atoms with van der Waals surface area (Å²) in [7, 11) is 0. The van der Waals surface area contributed by atoms with Crippen molar-refractivity contribution in [1.82, 2.24) is 0 Å². The quantitative estimate of drug-likeness (QED) is 0.0208. The van der Waals surface area contributed by atoms with Crippen LogP contribution in [-0.4, -0.2) is 10.7 Å². The molecule has 2 aromatic rings. The van der Waals surface area contributed by atoms with Crippen LogP contribution < -0.4 is 0 Å².